The van der Waals surface area contributed by atoms with Crippen molar-refractivity contribution in [1.82, 2.24) is 4.90 Å². The van der Waals surface area contributed by atoms with E-state index in [1.165, 1.54) is 32.1 Å². The van der Waals surface area contributed by atoms with Crippen molar-refractivity contribution in [1.29, 1.82) is 0 Å². The molecule has 0 bridgehead atoms. The van der Waals surface area contributed by atoms with Gasteiger partial charge >= 0.3 is 0 Å². The van der Waals surface area contributed by atoms with Crippen LogP contribution in [0, 0.1) is 11.8 Å². The van der Waals surface area contributed by atoms with Crippen LogP contribution in [0.25, 0.3) is 0 Å². The summed E-state index contributed by atoms with van der Waals surface area (Å²) in [6, 6.07) is 0.209. The van der Waals surface area contributed by atoms with Gasteiger partial charge in [0.15, 0.2) is 0 Å². The molecule has 1 amide bonds. The Morgan fingerprint density at radius 3 is 2.47 bits per heavy atom. The van der Waals surface area contributed by atoms with Crippen LogP contribution in [0.15, 0.2) is 0 Å². The average molecular weight is 289 g/mol. The van der Waals surface area contributed by atoms with Gasteiger partial charge < -0.3 is 10.6 Å². The molecule has 2 aliphatic rings. The van der Waals surface area contributed by atoms with Crippen LogP contribution in [-0.2, 0) is 4.79 Å². The van der Waals surface area contributed by atoms with Crippen molar-refractivity contribution in [2.24, 2.45) is 17.6 Å². The largest absolute Gasteiger partial charge is 0.341 e. The highest BCUT2D eigenvalue weighted by Crippen LogP contribution is 2.31. The van der Waals surface area contributed by atoms with Crippen molar-refractivity contribution >= 4 is 18.3 Å². The molecule has 0 aromatic heterocycles. The Labute approximate surface area is 123 Å². The third-order valence-corrected chi connectivity index (χ3v) is 4.72. The lowest BCUT2D eigenvalue weighted by Gasteiger charge is -2.28. The fourth-order valence-corrected chi connectivity index (χ4v) is 3.51. The Hall–Kier alpha value is -0.280. The smallest absolute Gasteiger partial charge is 0.225 e. The number of nitrogens with two attached hydrogens (primary N) is 1. The van der Waals surface area contributed by atoms with Crippen molar-refractivity contribution in [3.05, 3.63) is 0 Å². The molecule has 2 N–H and O–H groups in total. The molecule has 0 radical (unpaired) electrons. The first-order chi connectivity index (χ1) is 8.70. The first kappa shape index (κ1) is 16.8. The lowest BCUT2D eigenvalue weighted by Crippen LogP contribution is -2.37. The Kier molecular flexibility index (Phi) is 7.16. The molecule has 1 aliphatic carbocycles. The van der Waals surface area contributed by atoms with Crippen LogP contribution < -0.4 is 5.73 Å². The van der Waals surface area contributed by atoms with E-state index in [0.29, 0.717) is 5.91 Å². The zero-order valence-electron chi connectivity index (χ0n) is 12.1. The number of hydrogen-bond acceptors (Lipinski definition) is 2. The predicted octanol–water partition coefficient (Wildman–Crippen LogP) is 2.96. The van der Waals surface area contributed by atoms with Gasteiger partial charge in [-0.15, -0.1) is 12.4 Å². The Morgan fingerprint density at radius 1 is 1.26 bits per heavy atom. The van der Waals surface area contributed by atoms with E-state index < -0.39 is 0 Å². The highest BCUT2D eigenvalue weighted by Gasteiger charge is 2.30. The molecule has 4 heteroatoms. The summed E-state index contributed by atoms with van der Waals surface area (Å²) >= 11 is 0. The second kappa shape index (κ2) is 8.11. The lowest BCUT2D eigenvalue weighted by atomic mass is 9.81. The van der Waals surface area contributed by atoms with Gasteiger partial charge in [0.05, 0.1) is 0 Å². The first-order valence-electron chi connectivity index (χ1n) is 7.75. The molecule has 112 valence electrons. The number of carbonyl (C=O) groups excluding carboxylic acids is 1. The van der Waals surface area contributed by atoms with Crippen LogP contribution in [-0.4, -0.2) is 29.9 Å². The molecule has 1 saturated heterocycles. The SMILES string of the molecule is CCC(CC1CCCCC1)C(=O)N1CC[C@@H](N)C1.Cl. The summed E-state index contributed by atoms with van der Waals surface area (Å²) in [6.45, 7) is 3.81. The van der Waals surface area contributed by atoms with Gasteiger partial charge in [-0.25, -0.2) is 0 Å². The fraction of sp³-hybridized carbons (Fsp3) is 0.933. The lowest BCUT2D eigenvalue weighted by molar-refractivity contribution is -0.135. The summed E-state index contributed by atoms with van der Waals surface area (Å²) in [7, 11) is 0. The Morgan fingerprint density at radius 2 is 1.95 bits per heavy atom. The molecule has 0 aromatic carbocycles. The molecule has 2 fully saturated rings. The number of amides is 1. The molecule has 1 aliphatic heterocycles. The van der Waals surface area contributed by atoms with Gasteiger partial charge in [0.25, 0.3) is 0 Å². The number of nitrogens with zero attached hydrogens (tertiary/aromatic N) is 1. The normalized spacial score (nSPS) is 26.0. The number of hydrogen-bond donors (Lipinski definition) is 1. The maximum atomic E-state index is 12.5. The van der Waals surface area contributed by atoms with Crippen LogP contribution in [0.2, 0.25) is 0 Å². The number of rotatable bonds is 4. The highest BCUT2D eigenvalue weighted by atomic mass is 35.5. The van der Waals surface area contributed by atoms with Gasteiger partial charge in [-0.3, -0.25) is 4.79 Å². The topological polar surface area (TPSA) is 46.3 Å². The minimum Gasteiger partial charge on any atom is -0.341 e. The molecular weight excluding hydrogens is 260 g/mol. The monoisotopic (exact) mass is 288 g/mol. The summed E-state index contributed by atoms with van der Waals surface area (Å²) in [5.74, 6) is 1.42. The summed E-state index contributed by atoms with van der Waals surface area (Å²) in [6.07, 6.45) is 9.87. The quantitative estimate of drug-likeness (QED) is 0.864. The van der Waals surface area contributed by atoms with Crippen molar-refractivity contribution in [3.63, 3.8) is 0 Å². The van der Waals surface area contributed by atoms with E-state index in [0.717, 1.165) is 38.3 Å². The van der Waals surface area contributed by atoms with Crippen LogP contribution in [0.4, 0.5) is 0 Å². The number of carbonyl (C=O) groups is 1. The second-order valence-corrected chi connectivity index (χ2v) is 6.18. The molecule has 0 aromatic rings. The van der Waals surface area contributed by atoms with Gasteiger partial charge in [-0.2, -0.15) is 0 Å². The van der Waals surface area contributed by atoms with E-state index >= 15 is 0 Å². The van der Waals surface area contributed by atoms with Gasteiger partial charge in [-0.05, 0) is 25.2 Å². The maximum absolute atomic E-state index is 12.5. The standard InChI is InChI=1S/C15H28N2O.ClH/c1-2-13(10-12-6-4-3-5-7-12)15(18)17-9-8-14(16)11-17;/h12-14H,2-11,16H2,1H3;1H/t13?,14-;/m1./s1. The molecule has 1 heterocycles. The van der Waals surface area contributed by atoms with Crippen molar-refractivity contribution < 1.29 is 4.79 Å². The van der Waals surface area contributed by atoms with Crippen LogP contribution >= 0.6 is 12.4 Å². The zero-order chi connectivity index (χ0) is 13.0. The van der Waals surface area contributed by atoms with E-state index in [9.17, 15) is 4.79 Å². The van der Waals surface area contributed by atoms with E-state index in [2.05, 4.69) is 6.92 Å². The third kappa shape index (κ3) is 4.64. The zero-order valence-corrected chi connectivity index (χ0v) is 13.0. The highest BCUT2D eigenvalue weighted by molar-refractivity contribution is 5.85. The van der Waals surface area contributed by atoms with Crippen molar-refractivity contribution in [3.8, 4) is 0 Å². The second-order valence-electron chi connectivity index (χ2n) is 6.18. The van der Waals surface area contributed by atoms with Crippen molar-refractivity contribution in [2.75, 3.05) is 13.1 Å². The summed E-state index contributed by atoms with van der Waals surface area (Å²) in [4.78, 5) is 14.5. The van der Waals surface area contributed by atoms with Gasteiger partial charge in [-0.1, -0.05) is 39.0 Å². The van der Waals surface area contributed by atoms with E-state index in [1.807, 2.05) is 4.90 Å². The molecule has 1 unspecified atom stereocenters. The minimum atomic E-state index is 0. The summed E-state index contributed by atoms with van der Waals surface area (Å²) < 4.78 is 0. The van der Waals surface area contributed by atoms with Crippen molar-refractivity contribution in [2.45, 2.75) is 64.3 Å². The molecule has 0 spiro atoms. The van der Waals surface area contributed by atoms with E-state index in [1.54, 1.807) is 0 Å². The fourth-order valence-electron chi connectivity index (χ4n) is 3.51. The van der Waals surface area contributed by atoms with Crippen LogP contribution in [0.3, 0.4) is 0 Å². The Bertz CT molecular complexity index is 279. The number of halogens is 1. The van der Waals surface area contributed by atoms with Crippen LogP contribution in [0.1, 0.15) is 58.3 Å². The van der Waals surface area contributed by atoms with Gasteiger partial charge in [0, 0.05) is 25.0 Å². The molecule has 19 heavy (non-hydrogen) atoms. The third-order valence-electron chi connectivity index (χ3n) is 4.72. The maximum Gasteiger partial charge on any atom is 0.225 e. The first-order valence-corrected chi connectivity index (χ1v) is 7.75. The molecular formula is C15H29ClN2O. The summed E-state index contributed by atoms with van der Waals surface area (Å²) in [5, 5.41) is 0. The molecule has 3 nitrogen and oxygen atoms in total. The van der Waals surface area contributed by atoms with Crippen LogP contribution in [0.5, 0.6) is 0 Å². The molecule has 2 atom stereocenters. The average Bonchev–Trinajstić information content (AvgIpc) is 2.83. The van der Waals surface area contributed by atoms with Gasteiger partial charge in [0.1, 0.15) is 0 Å². The minimum absolute atomic E-state index is 0. The van der Waals surface area contributed by atoms with E-state index in [4.69, 9.17) is 5.73 Å². The molecule has 2 rings (SSSR count). The number of likely N-dealkylation sites (tertiary alicyclic amines) is 1. The summed E-state index contributed by atoms with van der Waals surface area (Å²) in [5.41, 5.74) is 5.89. The van der Waals surface area contributed by atoms with Gasteiger partial charge in [0.2, 0.25) is 5.91 Å². The van der Waals surface area contributed by atoms with E-state index in [-0.39, 0.29) is 24.4 Å². The molecule has 1 saturated carbocycles. The predicted molar refractivity (Wildman–Crippen MR) is 81.4 cm³/mol. The Balaban J connectivity index is 0.00000180.